The standard InChI is InChI=1S/C14H14ClN3O3/c1-20-10-4-3-5-11(21-2)13(10)18-14(19)17-12-8-9(15)6-7-16-12/h3-8H,1-2H3,(H2,16,17,18,19). The monoisotopic (exact) mass is 307 g/mol. The highest BCUT2D eigenvalue weighted by molar-refractivity contribution is 6.30. The highest BCUT2D eigenvalue weighted by atomic mass is 35.5. The first-order valence-corrected chi connectivity index (χ1v) is 6.42. The first-order chi connectivity index (χ1) is 10.1. The van der Waals surface area contributed by atoms with Gasteiger partial charge in [-0.2, -0.15) is 0 Å². The van der Waals surface area contributed by atoms with Crippen molar-refractivity contribution in [1.82, 2.24) is 4.98 Å². The molecule has 110 valence electrons. The molecule has 0 saturated heterocycles. The zero-order valence-corrected chi connectivity index (χ0v) is 12.3. The number of para-hydroxylation sites is 1. The van der Waals surface area contributed by atoms with E-state index < -0.39 is 6.03 Å². The third kappa shape index (κ3) is 3.76. The maximum absolute atomic E-state index is 12.0. The van der Waals surface area contributed by atoms with E-state index in [0.717, 1.165) is 0 Å². The van der Waals surface area contributed by atoms with Crippen LogP contribution >= 0.6 is 11.6 Å². The van der Waals surface area contributed by atoms with Crippen molar-refractivity contribution in [2.75, 3.05) is 24.9 Å². The van der Waals surface area contributed by atoms with Crippen LogP contribution in [0.1, 0.15) is 0 Å². The number of urea groups is 1. The summed E-state index contributed by atoms with van der Waals surface area (Å²) in [6, 6.07) is 7.88. The summed E-state index contributed by atoms with van der Waals surface area (Å²) < 4.78 is 10.4. The van der Waals surface area contributed by atoms with E-state index in [9.17, 15) is 4.79 Å². The summed E-state index contributed by atoms with van der Waals surface area (Å²) in [5.74, 6) is 1.32. The second-order valence-corrected chi connectivity index (χ2v) is 4.41. The average molecular weight is 308 g/mol. The lowest BCUT2D eigenvalue weighted by atomic mass is 10.2. The Morgan fingerprint density at radius 3 is 2.38 bits per heavy atom. The van der Waals surface area contributed by atoms with Gasteiger partial charge in [-0.3, -0.25) is 5.32 Å². The molecule has 0 radical (unpaired) electrons. The van der Waals surface area contributed by atoms with E-state index in [4.69, 9.17) is 21.1 Å². The number of hydrogen-bond acceptors (Lipinski definition) is 4. The third-order valence-corrected chi connectivity index (χ3v) is 2.87. The summed E-state index contributed by atoms with van der Waals surface area (Å²) in [6.07, 6.45) is 1.50. The van der Waals surface area contributed by atoms with Gasteiger partial charge in [0.05, 0.1) is 14.2 Å². The van der Waals surface area contributed by atoms with E-state index in [1.165, 1.54) is 20.4 Å². The Bertz CT molecular complexity index is 627. The molecule has 1 aromatic carbocycles. The Labute approximate surface area is 127 Å². The number of methoxy groups -OCH3 is 2. The maximum atomic E-state index is 12.0. The van der Waals surface area contributed by atoms with Crippen molar-refractivity contribution in [3.63, 3.8) is 0 Å². The predicted molar refractivity (Wildman–Crippen MR) is 81.4 cm³/mol. The first kappa shape index (κ1) is 14.9. The van der Waals surface area contributed by atoms with Crippen LogP contribution in [0.25, 0.3) is 0 Å². The lowest BCUT2D eigenvalue weighted by Gasteiger charge is -2.14. The lowest BCUT2D eigenvalue weighted by molar-refractivity contribution is 0.261. The largest absolute Gasteiger partial charge is 0.494 e. The van der Waals surface area contributed by atoms with Crippen molar-refractivity contribution in [3.8, 4) is 11.5 Å². The van der Waals surface area contributed by atoms with E-state index in [1.807, 2.05) is 0 Å². The predicted octanol–water partition coefficient (Wildman–Crippen LogP) is 3.40. The number of anilines is 2. The molecule has 2 rings (SSSR count). The van der Waals surface area contributed by atoms with Crippen LogP contribution in [0.3, 0.4) is 0 Å². The van der Waals surface area contributed by atoms with Crippen LogP contribution in [0.2, 0.25) is 5.02 Å². The minimum Gasteiger partial charge on any atom is -0.494 e. The molecule has 0 aliphatic rings. The van der Waals surface area contributed by atoms with Gasteiger partial charge in [-0.1, -0.05) is 17.7 Å². The smallest absolute Gasteiger partial charge is 0.325 e. The molecule has 0 spiro atoms. The number of rotatable bonds is 4. The number of carbonyl (C=O) groups excluding carboxylic acids is 1. The number of halogens is 1. The van der Waals surface area contributed by atoms with Gasteiger partial charge in [0, 0.05) is 11.2 Å². The number of benzene rings is 1. The molecule has 0 bridgehead atoms. The van der Waals surface area contributed by atoms with Gasteiger partial charge in [-0.05, 0) is 24.3 Å². The number of ether oxygens (including phenoxy) is 2. The Morgan fingerprint density at radius 2 is 1.81 bits per heavy atom. The topological polar surface area (TPSA) is 72.5 Å². The van der Waals surface area contributed by atoms with Crippen molar-refractivity contribution in [2.45, 2.75) is 0 Å². The van der Waals surface area contributed by atoms with Crippen molar-refractivity contribution < 1.29 is 14.3 Å². The number of carbonyl (C=O) groups is 1. The minimum absolute atomic E-state index is 0.342. The molecule has 0 aliphatic heterocycles. The zero-order valence-electron chi connectivity index (χ0n) is 11.5. The zero-order chi connectivity index (χ0) is 15.2. The van der Waals surface area contributed by atoms with Gasteiger partial charge in [0.25, 0.3) is 0 Å². The third-order valence-electron chi connectivity index (χ3n) is 2.63. The van der Waals surface area contributed by atoms with Crippen LogP contribution < -0.4 is 20.1 Å². The van der Waals surface area contributed by atoms with E-state index in [1.54, 1.807) is 30.3 Å². The minimum atomic E-state index is -0.479. The van der Waals surface area contributed by atoms with Gasteiger partial charge in [-0.15, -0.1) is 0 Å². The molecule has 6 nitrogen and oxygen atoms in total. The molecule has 2 amide bonds. The summed E-state index contributed by atoms with van der Waals surface area (Å²) in [5, 5.41) is 5.72. The number of hydrogen-bond donors (Lipinski definition) is 2. The SMILES string of the molecule is COc1cccc(OC)c1NC(=O)Nc1cc(Cl)ccn1. The molecule has 0 aliphatic carbocycles. The Balaban J connectivity index is 2.16. The Kier molecular flexibility index (Phi) is 4.84. The number of amides is 2. The summed E-state index contributed by atoms with van der Waals surface area (Å²) in [7, 11) is 3.02. The molecule has 0 saturated carbocycles. The summed E-state index contributed by atoms with van der Waals surface area (Å²) in [6.45, 7) is 0. The van der Waals surface area contributed by atoms with Crippen molar-refractivity contribution in [1.29, 1.82) is 0 Å². The molecule has 21 heavy (non-hydrogen) atoms. The van der Waals surface area contributed by atoms with Gasteiger partial charge in [0.2, 0.25) is 0 Å². The van der Waals surface area contributed by atoms with Crippen LogP contribution in [0.5, 0.6) is 11.5 Å². The molecule has 0 unspecified atom stereocenters. The average Bonchev–Trinajstić information content (AvgIpc) is 2.47. The highest BCUT2D eigenvalue weighted by Gasteiger charge is 2.13. The van der Waals surface area contributed by atoms with Gasteiger partial charge in [0.15, 0.2) is 0 Å². The molecule has 0 fully saturated rings. The van der Waals surface area contributed by atoms with Crippen molar-refractivity contribution >= 4 is 29.1 Å². The molecular formula is C14H14ClN3O3. The summed E-state index contributed by atoms with van der Waals surface area (Å²) in [5.41, 5.74) is 0.432. The molecule has 2 N–H and O–H groups in total. The van der Waals surface area contributed by atoms with Gasteiger partial charge >= 0.3 is 6.03 Å². The lowest BCUT2D eigenvalue weighted by Crippen LogP contribution is -2.20. The van der Waals surface area contributed by atoms with E-state index in [-0.39, 0.29) is 0 Å². The van der Waals surface area contributed by atoms with Crippen LogP contribution in [0.15, 0.2) is 36.5 Å². The number of nitrogens with one attached hydrogen (secondary N) is 2. The van der Waals surface area contributed by atoms with E-state index in [0.29, 0.717) is 28.0 Å². The summed E-state index contributed by atoms with van der Waals surface area (Å²) >= 11 is 5.83. The molecular weight excluding hydrogens is 294 g/mol. The van der Waals surface area contributed by atoms with E-state index in [2.05, 4.69) is 15.6 Å². The number of nitrogens with zero attached hydrogens (tertiary/aromatic N) is 1. The maximum Gasteiger partial charge on any atom is 0.325 e. The van der Waals surface area contributed by atoms with Gasteiger partial charge in [-0.25, -0.2) is 9.78 Å². The van der Waals surface area contributed by atoms with Crippen molar-refractivity contribution in [3.05, 3.63) is 41.6 Å². The number of aromatic nitrogens is 1. The molecule has 1 aromatic heterocycles. The van der Waals surface area contributed by atoms with Crippen LogP contribution in [-0.2, 0) is 0 Å². The van der Waals surface area contributed by atoms with Gasteiger partial charge < -0.3 is 14.8 Å². The van der Waals surface area contributed by atoms with Crippen LogP contribution in [-0.4, -0.2) is 25.2 Å². The normalized spacial score (nSPS) is 9.86. The van der Waals surface area contributed by atoms with Crippen molar-refractivity contribution in [2.24, 2.45) is 0 Å². The highest BCUT2D eigenvalue weighted by Crippen LogP contribution is 2.34. The molecule has 2 aromatic rings. The Morgan fingerprint density at radius 1 is 1.14 bits per heavy atom. The fraction of sp³-hybridized carbons (Fsp3) is 0.143. The molecule has 7 heteroatoms. The van der Waals surface area contributed by atoms with Gasteiger partial charge in [0.1, 0.15) is 23.0 Å². The fourth-order valence-corrected chi connectivity index (χ4v) is 1.87. The molecule has 1 heterocycles. The second kappa shape index (κ2) is 6.81. The fourth-order valence-electron chi connectivity index (χ4n) is 1.71. The first-order valence-electron chi connectivity index (χ1n) is 6.04. The second-order valence-electron chi connectivity index (χ2n) is 3.98. The Hall–Kier alpha value is -2.47. The summed E-state index contributed by atoms with van der Waals surface area (Å²) in [4.78, 5) is 16.0. The molecule has 0 atom stereocenters. The number of pyridine rings is 1. The van der Waals surface area contributed by atoms with E-state index >= 15 is 0 Å². The van der Waals surface area contributed by atoms with Crippen LogP contribution in [0.4, 0.5) is 16.3 Å². The quantitative estimate of drug-likeness (QED) is 0.908. The van der Waals surface area contributed by atoms with Crippen LogP contribution in [0, 0.1) is 0 Å².